The first-order chi connectivity index (χ1) is 9.65. The van der Waals surface area contributed by atoms with Crippen LogP contribution in [0.3, 0.4) is 0 Å². The van der Waals surface area contributed by atoms with Crippen molar-refractivity contribution in [2.45, 2.75) is 33.6 Å². The first-order valence-electron chi connectivity index (χ1n) is 7.21. The maximum absolute atomic E-state index is 6.01. The Morgan fingerprint density at radius 1 is 1.25 bits per heavy atom. The van der Waals surface area contributed by atoms with E-state index >= 15 is 0 Å². The molecule has 1 heterocycles. The number of nitrogens with one attached hydrogen (secondary N) is 1. The SMILES string of the molecule is CCOc1ccc(-c2c(N)n[nH]c2CC(C)CC)cc1. The fourth-order valence-corrected chi connectivity index (χ4v) is 2.24. The van der Waals surface area contributed by atoms with E-state index in [0.717, 1.165) is 35.4 Å². The Kier molecular flexibility index (Phi) is 4.66. The Balaban J connectivity index is 2.29. The predicted molar refractivity (Wildman–Crippen MR) is 82.8 cm³/mol. The Morgan fingerprint density at radius 3 is 2.55 bits per heavy atom. The average molecular weight is 273 g/mol. The highest BCUT2D eigenvalue weighted by Crippen LogP contribution is 2.31. The summed E-state index contributed by atoms with van der Waals surface area (Å²) in [6, 6.07) is 8.01. The largest absolute Gasteiger partial charge is 0.494 e. The van der Waals surface area contributed by atoms with E-state index in [1.165, 1.54) is 0 Å². The number of nitrogen functional groups attached to an aromatic ring is 1. The van der Waals surface area contributed by atoms with E-state index in [9.17, 15) is 0 Å². The van der Waals surface area contributed by atoms with E-state index in [2.05, 4.69) is 24.0 Å². The van der Waals surface area contributed by atoms with Crippen LogP contribution in [0.15, 0.2) is 24.3 Å². The molecule has 0 saturated heterocycles. The van der Waals surface area contributed by atoms with Crippen molar-refractivity contribution in [3.63, 3.8) is 0 Å². The molecule has 1 aromatic carbocycles. The molecular formula is C16H23N3O. The molecule has 1 atom stereocenters. The third kappa shape index (κ3) is 3.13. The van der Waals surface area contributed by atoms with E-state index in [1.54, 1.807) is 0 Å². The van der Waals surface area contributed by atoms with Crippen molar-refractivity contribution in [1.29, 1.82) is 0 Å². The molecule has 1 unspecified atom stereocenters. The molecule has 2 rings (SSSR count). The summed E-state index contributed by atoms with van der Waals surface area (Å²) < 4.78 is 5.47. The third-order valence-corrected chi connectivity index (χ3v) is 3.57. The fourth-order valence-electron chi connectivity index (χ4n) is 2.24. The van der Waals surface area contributed by atoms with E-state index in [-0.39, 0.29) is 0 Å². The van der Waals surface area contributed by atoms with Crippen LogP contribution in [-0.4, -0.2) is 16.8 Å². The predicted octanol–water partition coefficient (Wildman–Crippen LogP) is 3.65. The Hall–Kier alpha value is -1.97. The molecule has 1 aromatic heterocycles. The van der Waals surface area contributed by atoms with Crippen molar-refractivity contribution in [3.8, 4) is 16.9 Å². The highest BCUT2D eigenvalue weighted by molar-refractivity contribution is 5.76. The maximum Gasteiger partial charge on any atom is 0.153 e. The number of benzene rings is 1. The first kappa shape index (κ1) is 14.4. The van der Waals surface area contributed by atoms with Crippen LogP contribution in [0.2, 0.25) is 0 Å². The summed E-state index contributed by atoms with van der Waals surface area (Å²) in [5, 5.41) is 7.23. The average Bonchev–Trinajstić information content (AvgIpc) is 2.81. The molecule has 0 saturated carbocycles. The van der Waals surface area contributed by atoms with Crippen LogP contribution in [-0.2, 0) is 6.42 Å². The number of ether oxygens (including phenoxy) is 1. The lowest BCUT2D eigenvalue weighted by Gasteiger charge is -2.10. The molecule has 0 bridgehead atoms. The molecule has 0 radical (unpaired) electrons. The van der Waals surface area contributed by atoms with E-state index in [4.69, 9.17) is 10.5 Å². The van der Waals surface area contributed by atoms with Gasteiger partial charge in [0.2, 0.25) is 0 Å². The quantitative estimate of drug-likeness (QED) is 0.844. The molecule has 108 valence electrons. The number of hydrogen-bond acceptors (Lipinski definition) is 3. The molecule has 2 aromatic rings. The van der Waals surface area contributed by atoms with Gasteiger partial charge >= 0.3 is 0 Å². The summed E-state index contributed by atoms with van der Waals surface area (Å²) in [6.07, 6.45) is 2.10. The number of nitrogens with zero attached hydrogens (tertiary/aromatic N) is 1. The summed E-state index contributed by atoms with van der Waals surface area (Å²) in [7, 11) is 0. The van der Waals surface area contributed by atoms with Gasteiger partial charge in [-0.3, -0.25) is 5.10 Å². The Bertz CT molecular complexity index is 545. The molecule has 0 aliphatic carbocycles. The second-order valence-corrected chi connectivity index (χ2v) is 5.14. The summed E-state index contributed by atoms with van der Waals surface area (Å²) >= 11 is 0. The van der Waals surface area contributed by atoms with Crippen LogP contribution in [0.4, 0.5) is 5.82 Å². The van der Waals surface area contributed by atoms with Crippen LogP contribution >= 0.6 is 0 Å². The number of aromatic amines is 1. The molecule has 0 aliphatic rings. The molecule has 3 N–H and O–H groups in total. The van der Waals surface area contributed by atoms with Gasteiger partial charge in [-0.15, -0.1) is 0 Å². The number of anilines is 1. The van der Waals surface area contributed by atoms with Crippen molar-refractivity contribution in [1.82, 2.24) is 10.2 Å². The lowest BCUT2D eigenvalue weighted by molar-refractivity contribution is 0.340. The lowest BCUT2D eigenvalue weighted by Crippen LogP contribution is -2.00. The van der Waals surface area contributed by atoms with Crippen molar-refractivity contribution in [2.24, 2.45) is 5.92 Å². The summed E-state index contributed by atoms with van der Waals surface area (Å²) in [5.41, 5.74) is 9.23. The number of aromatic nitrogens is 2. The molecule has 0 amide bonds. The molecule has 4 heteroatoms. The van der Waals surface area contributed by atoms with Gasteiger partial charge in [-0.05, 0) is 37.0 Å². The molecular weight excluding hydrogens is 250 g/mol. The summed E-state index contributed by atoms with van der Waals surface area (Å²) in [6.45, 7) is 7.08. The highest BCUT2D eigenvalue weighted by Gasteiger charge is 2.15. The Labute approximate surface area is 120 Å². The lowest BCUT2D eigenvalue weighted by atomic mass is 9.97. The van der Waals surface area contributed by atoms with Gasteiger partial charge in [0.15, 0.2) is 5.82 Å². The molecule has 0 aliphatic heterocycles. The van der Waals surface area contributed by atoms with Crippen LogP contribution in [0, 0.1) is 5.92 Å². The van der Waals surface area contributed by atoms with E-state index in [1.807, 2.05) is 31.2 Å². The third-order valence-electron chi connectivity index (χ3n) is 3.57. The van der Waals surface area contributed by atoms with Crippen molar-refractivity contribution in [2.75, 3.05) is 12.3 Å². The monoisotopic (exact) mass is 273 g/mol. The number of rotatable bonds is 6. The maximum atomic E-state index is 6.01. The standard InChI is InChI=1S/C16H23N3O/c1-4-11(3)10-14-15(16(17)19-18-14)12-6-8-13(9-7-12)20-5-2/h6-9,11H,4-5,10H2,1-3H3,(H3,17,18,19). The molecule has 4 nitrogen and oxygen atoms in total. The van der Waals surface area contributed by atoms with E-state index in [0.29, 0.717) is 18.3 Å². The van der Waals surface area contributed by atoms with Gasteiger partial charge in [0.1, 0.15) is 5.75 Å². The summed E-state index contributed by atoms with van der Waals surface area (Å²) in [4.78, 5) is 0. The normalized spacial score (nSPS) is 12.3. The topological polar surface area (TPSA) is 63.9 Å². The zero-order valence-electron chi connectivity index (χ0n) is 12.4. The van der Waals surface area contributed by atoms with Gasteiger partial charge in [-0.2, -0.15) is 5.10 Å². The minimum Gasteiger partial charge on any atom is -0.494 e. The van der Waals surface area contributed by atoms with Crippen LogP contribution < -0.4 is 10.5 Å². The van der Waals surface area contributed by atoms with Gasteiger partial charge in [-0.1, -0.05) is 32.4 Å². The zero-order valence-corrected chi connectivity index (χ0v) is 12.4. The smallest absolute Gasteiger partial charge is 0.153 e. The van der Waals surface area contributed by atoms with Gasteiger partial charge in [0, 0.05) is 11.3 Å². The Morgan fingerprint density at radius 2 is 1.95 bits per heavy atom. The molecule has 0 fully saturated rings. The van der Waals surface area contributed by atoms with Crippen LogP contribution in [0.1, 0.15) is 32.9 Å². The highest BCUT2D eigenvalue weighted by atomic mass is 16.5. The molecule has 20 heavy (non-hydrogen) atoms. The van der Waals surface area contributed by atoms with Gasteiger partial charge in [0.25, 0.3) is 0 Å². The second-order valence-electron chi connectivity index (χ2n) is 5.14. The fraction of sp³-hybridized carbons (Fsp3) is 0.438. The van der Waals surface area contributed by atoms with Gasteiger partial charge in [0.05, 0.1) is 6.61 Å². The van der Waals surface area contributed by atoms with E-state index < -0.39 is 0 Å². The minimum absolute atomic E-state index is 0.562. The zero-order chi connectivity index (χ0) is 14.5. The summed E-state index contributed by atoms with van der Waals surface area (Å²) in [5.74, 6) is 2.05. The minimum atomic E-state index is 0.562. The van der Waals surface area contributed by atoms with Crippen LogP contribution in [0.5, 0.6) is 5.75 Å². The van der Waals surface area contributed by atoms with Crippen molar-refractivity contribution >= 4 is 5.82 Å². The second kappa shape index (κ2) is 6.46. The first-order valence-corrected chi connectivity index (χ1v) is 7.21. The van der Waals surface area contributed by atoms with Gasteiger partial charge < -0.3 is 10.5 Å². The molecule has 0 spiro atoms. The van der Waals surface area contributed by atoms with Crippen molar-refractivity contribution < 1.29 is 4.74 Å². The number of H-pyrrole nitrogens is 1. The number of hydrogen-bond donors (Lipinski definition) is 2. The van der Waals surface area contributed by atoms with Gasteiger partial charge in [-0.25, -0.2) is 0 Å². The number of nitrogens with two attached hydrogens (primary N) is 1. The van der Waals surface area contributed by atoms with Crippen molar-refractivity contribution in [3.05, 3.63) is 30.0 Å². The van der Waals surface area contributed by atoms with Crippen LogP contribution in [0.25, 0.3) is 11.1 Å².